The zero-order chi connectivity index (χ0) is 11.4. The fraction of sp³-hybridized carbons (Fsp3) is 0.300. The normalized spacial score (nSPS) is 10.5. The van der Waals surface area contributed by atoms with Gasteiger partial charge in [0.2, 0.25) is 0 Å². The smallest absolute Gasteiger partial charge is 0.255 e. The quantitative estimate of drug-likeness (QED) is 0.721. The van der Waals surface area contributed by atoms with Gasteiger partial charge in [-0.1, -0.05) is 6.07 Å². The molecule has 0 atom stereocenters. The minimum atomic E-state index is -2.57. The fourth-order valence-electron chi connectivity index (χ4n) is 1.33. The molecule has 82 valence electrons. The first kappa shape index (κ1) is 11.6. The van der Waals surface area contributed by atoms with E-state index in [-0.39, 0.29) is 11.3 Å². The average molecular weight is 217 g/mol. The van der Waals surface area contributed by atoms with Gasteiger partial charge in [0.25, 0.3) is 6.43 Å². The van der Waals surface area contributed by atoms with E-state index >= 15 is 0 Å². The molecule has 0 aromatic heterocycles. The Morgan fingerprint density at radius 2 is 2.13 bits per heavy atom. The molecule has 0 N–H and O–H groups in total. The number of carbonyl (C=O) groups excluding carboxylic acids is 1. The van der Waals surface area contributed by atoms with Gasteiger partial charge in [0, 0.05) is 12.6 Å². The van der Waals surface area contributed by atoms with Crippen LogP contribution < -0.4 is 4.90 Å². The van der Waals surface area contributed by atoms with E-state index in [4.69, 9.17) is 0 Å². The van der Waals surface area contributed by atoms with Crippen LogP contribution in [-0.4, -0.2) is 26.3 Å². The van der Waals surface area contributed by atoms with Gasteiger partial charge in [0.15, 0.2) is 6.29 Å². The maximum atomic E-state index is 13.3. The molecule has 0 aliphatic carbocycles. The lowest BCUT2D eigenvalue weighted by Crippen LogP contribution is -2.26. The number of rotatable bonds is 4. The highest BCUT2D eigenvalue weighted by atomic mass is 19.3. The number of carbonyl (C=O) groups is 1. The topological polar surface area (TPSA) is 20.3 Å². The van der Waals surface area contributed by atoms with Crippen molar-refractivity contribution in [2.45, 2.75) is 6.43 Å². The minimum absolute atomic E-state index is 0.0677. The molecule has 0 saturated carbocycles. The van der Waals surface area contributed by atoms with Gasteiger partial charge in [-0.05, 0) is 12.1 Å². The standard InChI is InChI=1S/C10H10F3NO/c1-14(5-9(12)13)10-7(6-15)3-2-4-8(10)11/h2-4,6,9H,5H2,1H3. The van der Waals surface area contributed by atoms with E-state index in [2.05, 4.69) is 0 Å². The van der Waals surface area contributed by atoms with Gasteiger partial charge < -0.3 is 4.90 Å². The molecule has 1 aromatic rings. The van der Waals surface area contributed by atoms with Crippen LogP contribution in [0.4, 0.5) is 18.9 Å². The molecular formula is C10H10F3NO. The van der Waals surface area contributed by atoms with E-state index in [1.165, 1.54) is 19.2 Å². The molecular weight excluding hydrogens is 207 g/mol. The van der Waals surface area contributed by atoms with Crippen LogP contribution in [-0.2, 0) is 0 Å². The molecule has 0 aliphatic rings. The zero-order valence-corrected chi connectivity index (χ0v) is 8.08. The summed E-state index contributed by atoms with van der Waals surface area (Å²) in [5, 5.41) is 0. The number of benzene rings is 1. The van der Waals surface area contributed by atoms with E-state index < -0.39 is 18.8 Å². The summed E-state index contributed by atoms with van der Waals surface area (Å²) in [5.41, 5.74) is -0.0223. The molecule has 0 heterocycles. The maximum absolute atomic E-state index is 13.3. The largest absolute Gasteiger partial charge is 0.366 e. The second kappa shape index (κ2) is 4.82. The van der Waals surface area contributed by atoms with Gasteiger partial charge >= 0.3 is 0 Å². The van der Waals surface area contributed by atoms with E-state index in [0.717, 1.165) is 11.0 Å². The van der Waals surface area contributed by atoms with Crippen LogP contribution in [0.15, 0.2) is 18.2 Å². The van der Waals surface area contributed by atoms with Crippen LogP contribution in [0.25, 0.3) is 0 Å². The van der Waals surface area contributed by atoms with Crippen molar-refractivity contribution < 1.29 is 18.0 Å². The predicted octanol–water partition coefficient (Wildman–Crippen LogP) is 2.34. The second-order valence-corrected chi connectivity index (χ2v) is 3.07. The van der Waals surface area contributed by atoms with Gasteiger partial charge in [0.1, 0.15) is 5.82 Å². The Balaban J connectivity index is 3.05. The summed E-state index contributed by atoms with van der Waals surface area (Å²) in [7, 11) is 1.32. The van der Waals surface area contributed by atoms with E-state index in [1.54, 1.807) is 0 Å². The molecule has 0 amide bonds. The van der Waals surface area contributed by atoms with Crippen LogP contribution >= 0.6 is 0 Å². The number of alkyl halides is 2. The number of nitrogens with zero attached hydrogens (tertiary/aromatic N) is 1. The first-order chi connectivity index (χ1) is 7.06. The van der Waals surface area contributed by atoms with Crippen molar-refractivity contribution in [3.63, 3.8) is 0 Å². The SMILES string of the molecule is CN(CC(F)F)c1c(F)cccc1C=O. The Morgan fingerprint density at radius 1 is 1.47 bits per heavy atom. The van der Waals surface area contributed by atoms with E-state index in [1.807, 2.05) is 0 Å². The summed E-state index contributed by atoms with van der Waals surface area (Å²) >= 11 is 0. The molecule has 0 fully saturated rings. The third-order valence-electron chi connectivity index (χ3n) is 1.94. The molecule has 15 heavy (non-hydrogen) atoms. The van der Waals surface area contributed by atoms with Crippen molar-refractivity contribution in [3.05, 3.63) is 29.6 Å². The minimum Gasteiger partial charge on any atom is -0.366 e. The van der Waals surface area contributed by atoms with Gasteiger partial charge in [-0.15, -0.1) is 0 Å². The van der Waals surface area contributed by atoms with Gasteiger partial charge in [-0.2, -0.15) is 0 Å². The van der Waals surface area contributed by atoms with Crippen LogP contribution in [0.3, 0.4) is 0 Å². The number of hydrogen-bond acceptors (Lipinski definition) is 2. The lowest BCUT2D eigenvalue weighted by Gasteiger charge is -2.20. The van der Waals surface area contributed by atoms with Crippen molar-refractivity contribution in [3.8, 4) is 0 Å². The highest BCUT2D eigenvalue weighted by molar-refractivity contribution is 5.84. The first-order valence-electron chi connectivity index (χ1n) is 4.29. The third-order valence-corrected chi connectivity index (χ3v) is 1.94. The number of anilines is 1. The van der Waals surface area contributed by atoms with Gasteiger partial charge in [-0.3, -0.25) is 4.79 Å². The molecule has 2 nitrogen and oxygen atoms in total. The van der Waals surface area contributed by atoms with Crippen LogP contribution in [0.1, 0.15) is 10.4 Å². The molecule has 0 spiro atoms. The molecule has 0 saturated heterocycles. The van der Waals surface area contributed by atoms with Crippen LogP contribution in [0, 0.1) is 5.82 Å². The average Bonchev–Trinajstić information content (AvgIpc) is 2.15. The Kier molecular flexibility index (Phi) is 3.71. The van der Waals surface area contributed by atoms with Gasteiger partial charge in [-0.25, -0.2) is 13.2 Å². The zero-order valence-electron chi connectivity index (χ0n) is 8.08. The summed E-state index contributed by atoms with van der Waals surface area (Å²) < 4.78 is 37.5. The summed E-state index contributed by atoms with van der Waals surface area (Å²) in [6.07, 6.45) is -2.13. The van der Waals surface area contributed by atoms with Crippen molar-refractivity contribution in [2.24, 2.45) is 0 Å². The van der Waals surface area contributed by atoms with E-state index in [9.17, 15) is 18.0 Å². The first-order valence-corrected chi connectivity index (χ1v) is 4.29. The Morgan fingerprint density at radius 3 is 2.67 bits per heavy atom. The molecule has 1 rings (SSSR count). The third kappa shape index (κ3) is 2.71. The van der Waals surface area contributed by atoms with Gasteiger partial charge in [0.05, 0.1) is 12.2 Å². The summed E-state index contributed by atoms with van der Waals surface area (Å²) in [4.78, 5) is 11.6. The lowest BCUT2D eigenvalue weighted by atomic mass is 10.1. The maximum Gasteiger partial charge on any atom is 0.255 e. The highest BCUT2D eigenvalue weighted by Gasteiger charge is 2.15. The van der Waals surface area contributed by atoms with Crippen molar-refractivity contribution in [1.29, 1.82) is 0 Å². The molecule has 0 aliphatic heterocycles. The van der Waals surface area contributed by atoms with Crippen LogP contribution in [0.2, 0.25) is 0 Å². The van der Waals surface area contributed by atoms with E-state index in [0.29, 0.717) is 6.29 Å². The second-order valence-electron chi connectivity index (χ2n) is 3.07. The van der Waals surface area contributed by atoms with Crippen molar-refractivity contribution in [2.75, 3.05) is 18.5 Å². The Labute approximate surface area is 85.3 Å². The number of hydrogen-bond donors (Lipinski definition) is 0. The molecule has 0 unspecified atom stereocenters. The summed E-state index contributed by atoms with van der Waals surface area (Å²) in [6, 6.07) is 3.87. The molecule has 0 radical (unpaired) electrons. The number of halogens is 3. The molecule has 0 bridgehead atoms. The predicted molar refractivity (Wildman–Crippen MR) is 51.1 cm³/mol. The molecule has 1 aromatic carbocycles. The van der Waals surface area contributed by atoms with Crippen LogP contribution in [0.5, 0.6) is 0 Å². The summed E-state index contributed by atoms with van der Waals surface area (Å²) in [5.74, 6) is -0.678. The molecule has 5 heteroatoms. The summed E-state index contributed by atoms with van der Waals surface area (Å²) in [6.45, 7) is -0.609. The van der Waals surface area contributed by atoms with Crippen molar-refractivity contribution in [1.82, 2.24) is 0 Å². The monoisotopic (exact) mass is 217 g/mol. The Bertz CT molecular complexity index is 355. The number of aldehydes is 1. The number of para-hydroxylation sites is 1. The highest BCUT2D eigenvalue weighted by Crippen LogP contribution is 2.22. The fourth-order valence-corrected chi connectivity index (χ4v) is 1.33. The Hall–Kier alpha value is -1.52. The van der Waals surface area contributed by atoms with Crippen molar-refractivity contribution >= 4 is 12.0 Å². The lowest BCUT2D eigenvalue weighted by molar-refractivity contribution is 0.112.